The van der Waals surface area contributed by atoms with E-state index in [0.29, 0.717) is 5.56 Å². The Morgan fingerprint density at radius 1 is 1.53 bits per heavy atom. The van der Waals surface area contributed by atoms with E-state index in [2.05, 4.69) is 4.74 Å². The summed E-state index contributed by atoms with van der Waals surface area (Å²) < 4.78 is 4.48. The maximum Gasteiger partial charge on any atom is 0.307 e. The number of carbonyl (C=O) groups is 1. The summed E-state index contributed by atoms with van der Waals surface area (Å²) >= 11 is 11.4. The third-order valence-electron chi connectivity index (χ3n) is 2.11. The topological polar surface area (TPSA) is 72.5 Å². The molecule has 0 unspecified atom stereocenters. The van der Waals surface area contributed by atoms with E-state index in [1.807, 2.05) is 0 Å². The van der Waals surface area contributed by atoms with E-state index in [0.717, 1.165) is 0 Å². The zero-order chi connectivity index (χ0) is 12.3. The molecule has 0 saturated carbocycles. The Hall–Kier alpha value is -0.680. The van der Waals surface area contributed by atoms with Gasteiger partial charge < -0.3 is 15.6 Å². The number of hydrogen-bond donors (Lipinski definition) is 2. The lowest BCUT2D eigenvalue weighted by atomic mass is 10.0. The first-order valence-corrected chi connectivity index (χ1v) is 5.22. The molecule has 1 aromatic carbocycles. The molecule has 1 aromatic rings. The van der Waals surface area contributed by atoms with Gasteiger partial charge in [0.15, 0.2) is 0 Å². The number of phenolic OH excluding ortho intramolecular Hbond substituents is 1. The lowest BCUT2D eigenvalue weighted by molar-refractivity contribution is -0.141. The Morgan fingerprint density at radius 3 is 2.65 bits per heavy atom. The highest BCUT2D eigenvalue weighted by Gasteiger charge is 2.18. The second kappa shape index (κ2) is 6.91. The van der Waals surface area contributed by atoms with E-state index in [1.165, 1.54) is 19.2 Å². The molecule has 17 heavy (non-hydrogen) atoms. The van der Waals surface area contributed by atoms with Crippen molar-refractivity contribution in [1.82, 2.24) is 0 Å². The van der Waals surface area contributed by atoms with E-state index >= 15 is 0 Å². The van der Waals surface area contributed by atoms with Gasteiger partial charge in [0.05, 0.1) is 18.6 Å². The predicted octanol–water partition coefficient (Wildman–Crippen LogP) is 2.68. The van der Waals surface area contributed by atoms with Crippen LogP contribution in [-0.4, -0.2) is 18.2 Å². The van der Waals surface area contributed by atoms with Crippen LogP contribution in [0.1, 0.15) is 18.0 Å². The normalized spacial score (nSPS) is 11.5. The van der Waals surface area contributed by atoms with Crippen molar-refractivity contribution in [2.75, 3.05) is 7.11 Å². The Kier molecular flexibility index (Phi) is 6.64. The van der Waals surface area contributed by atoms with Gasteiger partial charge in [0, 0.05) is 11.6 Å². The number of hydrogen-bond acceptors (Lipinski definition) is 4. The van der Waals surface area contributed by atoms with Crippen LogP contribution in [0.3, 0.4) is 0 Å². The second-order valence-corrected chi connectivity index (χ2v) is 3.97. The first-order chi connectivity index (χ1) is 7.47. The van der Waals surface area contributed by atoms with Crippen LogP contribution in [0.2, 0.25) is 10.0 Å². The van der Waals surface area contributed by atoms with Gasteiger partial charge in [0.2, 0.25) is 0 Å². The summed E-state index contributed by atoms with van der Waals surface area (Å²) in [6, 6.07) is 2.36. The minimum absolute atomic E-state index is 0. The maximum atomic E-state index is 11.0. The molecule has 0 saturated heterocycles. The van der Waals surface area contributed by atoms with Crippen molar-refractivity contribution >= 4 is 41.6 Å². The van der Waals surface area contributed by atoms with Crippen LogP contribution in [0.15, 0.2) is 12.1 Å². The molecule has 0 aliphatic rings. The Labute approximate surface area is 115 Å². The van der Waals surface area contributed by atoms with E-state index < -0.39 is 12.0 Å². The standard InChI is InChI=1S/C10H11Cl2NO3.ClH/c1-16-8(14)4-7(13)5-2-3-6(11)9(12)10(5)15;/h2-3,7,15H,4,13H2,1H3;1H/t7-;/m1./s1. The fourth-order valence-corrected chi connectivity index (χ4v) is 1.55. The number of ether oxygens (including phenoxy) is 1. The summed E-state index contributed by atoms with van der Waals surface area (Å²) in [4.78, 5) is 11.0. The molecule has 0 radical (unpaired) electrons. The third-order valence-corrected chi connectivity index (χ3v) is 2.91. The Bertz CT molecular complexity index is 412. The first-order valence-electron chi connectivity index (χ1n) is 4.46. The number of benzene rings is 1. The fourth-order valence-electron chi connectivity index (χ4n) is 1.23. The number of methoxy groups -OCH3 is 1. The Morgan fingerprint density at radius 2 is 2.12 bits per heavy atom. The zero-order valence-corrected chi connectivity index (χ0v) is 11.3. The van der Waals surface area contributed by atoms with Crippen molar-refractivity contribution in [3.63, 3.8) is 0 Å². The number of halogens is 3. The van der Waals surface area contributed by atoms with Crippen LogP contribution in [0, 0.1) is 0 Å². The van der Waals surface area contributed by atoms with Crippen LogP contribution in [0.5, 0.6) is 5.75 Å². The molecule has 96 valence electrons. The Balaban J connectivity index is 0.00000256. The molecule has 1 atom stereocenters. The zero-order valence-electron chi connectivity index (χ0n) is 8.94. The summed E-state index contributed by atoms with van der Waals surface area (Å²) in [7, 11) is 1.27. The largest absolute Gasteiger partial charge is 0.506 e. The van der Waals surface area contributed by atoms with E-state index in [4.69, 9.17) is 28.9 Å². The average Bonchev–Trinajstić information content (AvgIpc) is 2.25. The number of nitrogens with two attached hydrogens (primary N) is 1. The third kappa shape index (κ3) is 3.92. The van der Waals surface area contributed by atoms with Gasteiger partial charge in [-0.05, 0) is 6.07 Å². The van der Waals surface area contributed by atoms with Crippen molar-refractivity contribution in [1.29, 1.82) is 0 Å². The molecule has 1 rings (SSSR count). The summed E-state index contributed by atoms with van der Waals surface area (Å²) in [6.45, 7) is 0. The molecule has 0 aliphatic heterocycles. The van der Waals surface area contributed by atoms with Gasteiger partial charge in [0.25, 0.3) is 0 Å². The van der Waals surface area contributed by atoms with Crippen molar-refractivity contribution < 1.29 is 14.6 Å². The second-order valence-electron chi connectivity index (χ2n) is 3.19. The highest BCUT2D eigenvalue weighted by atomic mass is 35.5. The van der Waals surface area contributed by atoms with Crippen molar-refractivity contribution in [2.24, 2.45) is 5.73 Å². The number of carbonyl (C=O) groups excluding carboxylic acids is 1. The summed E-state index contributed by atoms with van der Waals surface area (Å²) in [5.41, 5.74) is 6.09. The molecule has 0 fully saturated rings. The summed E-state index contributed by atoms with van der Waals surface area (Å²) in [6.07, 6.45) is -0.0397. The monoisotopic (exact) mass is 299 g/mol. The smallest absolute Gasteiger partial charge is 0.307 e. The van der Waals surface area contributed by atoms with E-state index in [1.54, 1.807) is 0 Å². The molecule has 0 heterocycles. The van der Waals surface area contributed by atoms with Crippen LogP contribution in [-0.2, 0) is 9.53 Å². The SMILES string of the molecule is COC(=O)C[C@@H](N)c1ccc(Cl)c(Cl)c1O.Cl. The molecular formula is C10H12Cl3NO3. The molecule has 7 heteroatoms. The molecule has 0 aromatic heterocycles. The molecule has 0 amide bonds. The molecular weight excluding hydrogens is 288 g/mol. The highest BCUT2D eigenvalue weighted by Crippen LogP contribution is 2.37. The maximum absolute atomic E-state index is 11.0. The van der Waals surface area contributed by atoms with Crippen molar-refractivity contribution in [2.45, 2.75) is 12.5 Å². The van der Waals surface area contributed by atoms with Crippen molar-refractivity contribution in [3.05, 3.63) is 27.7 Å². The van der Waals surface area contributed by atoms with Crippen LogP contribution in [0.4, 0.5) is 0 Å². The van der Waals surface area contributed by atoms with Gasteiger partial charge >= 0.3 is 5.97 Å². The molecule has 0 aliphatic carbocycles. The minimum atomic E-state index is -0.679. The lowest BCUT2D eigenvalue weighted by Crippen LogP contribution is -2.16. The first kappa shape index (κ1) is 16.3. The van der Waals surface area contributed by atoms with Crippen molar-refractivity contribution in [3.8, 4) is 5.75 Å². The van der Waals surface area contributed by atoms with E-state index in [-0.39, 0.29) is 34.6 Å². The minimum Gasteiger partial charge on any atom is -0.506 e. The van der Waals surface area contributed by atoms with Gasteiger partial charge in [-0.2, -0.15) is 0 Å². The highest BCUT2D eigenvalue weighted by molar-refractivity contribution is 6.43. The average molecular weight is 301 g/mol. The van der Waals surface area contributed by atoms with Crippen LogP contribution < -0.4 is 5.73 Å². The van der Waals surface area contributed by atoms with Gasteiger partial charge in [-0.3, -0.25) is 4.79 Å². The fraction of sp³-hybridized carbons (Fsp3) is 0.300. The molecule has 4 nitrogen and oxygen atoms in total. The molecule has 0 spiro atoms. The molecule has 3 N–H and O–H groups in total. The summed E-state index contributed by atoms with van der Waals surface area (Å²) in [5.74, 6) is -0.663. The van der Waals surface area contributed by atoms with Gasteiger partial charge in [-0.1, -0.05) is 29.3 Å². The summed E-state index contributed by atoms with van der Waals surface area (Å²) in [5, 5.41) is 9.94. The number of esters is 1. The van der Waals surface area contributed by atoms with Crippen LogP contribution in [0.25, 0.3) is 0 Å². The lowest BCUT2D eigenvalue weighted by Gasteiger charge is -2.13. The number of aromatic hydroxyl groups is 1. The van der Waals surface area contributed by atoms with Gasteiger partial charge in [-0.15, -0.1) is 12.4 Å². The van der Waals surface area contributed by atoms with Gasteiger partial charge in [-0.25, -0.2) is 0 Å². The number of phenols is 1. The van der Waals surface area contributed by atoms with Gasteiger partial charge in [0.1, 0.15) is 10.8 Å². The predicted molar refractivity (Wildman–Crippen MR) is 68.9 cm³/mol. The van der Waals surface area contributed by atoms with Crippen LogP contribution >= 0.6 is 35.6 Å². The van der Waals surface area contributed by atoms with E-state index in [9.17, 15) is 9.90 Å². The molecule has 0 bridgehead atoms. The quantitative estimate of drug-likeness (QED) is 0.842. The number of rotatable bonds is 3.